The number of alkyl halides is 3. The van der Waals surface area contributed by atoms with E-state index in [9.17, 15) is 22.4 Å². The highest BCUT2D eigenvalue weighted by molar-refractivity contribution is 7.78. The number of amides is 1. The van der Waals surface area contributed by atoms with Crippen LogP contribution in [0, 0.1) is 5.82 Å². The quantitative estimate of drug-likeness (QED) is 0.384. The number of carboxylic acids is 1. The number of hydrogen-bond donors (Lipinski definition) is 2. The minimum atomic E-state index is -4.40. The van der Waals surface area contributed by atoms with Crippen molar-refractivity contribution < 1.29 is 45.8 Å². The molecule has 1 saturated carbocycles. The van der Waals surface area contributed by atoms with Crippen LogP contribution in [0.5, 0.6) is 5.75 Å². The van der Waals surface area contributed by atoms with E-state index in [2.05, 4.69) is 4.90 Å². The molecule has 0 aromatic heterocycles. The lowest BCUT2D eigenvalue weighted by Crippen LogP contribution is -2.38. The van der Waals surface area contributed by atoms with Crippen LogP contribution in [0.3, 0.4) is 0 Å². The van der Waals surface area contributed by atoms with Crippen LogP contribution in [-0.2, 0) is 28.6 Å². The second-order valence-corrected chi connectivity index (χ2v) is 10.0. The molecule has 2 aromatic carbocycles. The van der Waals surface area contributed by atoms with Gasteiger partial charge < -0.3 is 20.1 Å². The Bertz CT molecular complexity index is 1150. The monoisotopic (exact) mass is 575 g/mol. The van der Waals surface area contributed by atoms with Crippen molar-refractivity contribution >= 4 is 23.0 Å². The smallest absolute Gasteiger partial charge is 0.416 e. The van der Waals surface area contributed by atoms with Crippen LogP contribution in [0.4, 0.5) is 17.6 Å². The first kappa shape index (κ1) is 32.2. The van der Waals surface area contributed by atoms with Crippen LogP contribution in [0.25, 0.3) is 0 Å². The number of benzene rings is 2. The van der Waals surface area contributed by atoms with E-state index < -0.39 is 40.5 Å². The standard InChI is InChI=1S/C23H24F4N2O2.C2H4O2.CH4O2S/c24-21-10-15(19(14-4-5-14)12-20(21)22(28)30)13-29-8-6-17(7-9-29)31-18-3-1-2-16(11-18)23(25,26)27;1-2(3)4;1-4(2)3/h1-3,10-12,14,17H,4-9,13H2,(H2,28,30);1H3,(H,3,4);1H3,(H,2,3)/p-1. The SMILES string of the molecule is CC(=O)O.CS(=O)[O-].NC(=O)c1cc(C2CC2)c(CN2CCC(Oc3cccc(C(F)(F)F)c3)CC2)cc1F. The van der Waals surface area contributed by atoms with Crippen molar-refractivity contribution in [2.24, 2.45) is 5.73 Å². The summed E-state index contributed by atoms with van der Waals surface area (Å²) in [5.41, 5.74) is 6.34. The molecule has 1 unspecified atom stereocenters. The van der Waals surface area contributed by atoms with Gasteiger partial charge in [-0.3, -0.25) is 18.7 Å². The Kier molecular flexibility index (Phi) is 11.9. The predicted octanol–water partition coefficient (Wildman–Crippen LogP) is 4.45. The van der Waals surface area contributed by atoms with Gasteiger partial charge >= 0.3 is 6.18 Å². The minimum absolute atomic E-state index is 0.0705. The fourth-order valence-corrected chi connectivity index (χ4v) is 4.10. The van der Waals surface area contributed by atoms with E-state index in [-0.39, 0.29) is 17.4 Å². The van der Waals surface area contributed by atoms with Gasteiger partial charge in [-0.25, -0.2) is 4.39 Å². The molecule has 0 radical (unpaired) electrons. The van der Waals surface area contributed by atoms with Gasteiger partial charge in [0.05, 0.1) is 11.1 Å². The summed E-state index contributed by atoms with van der Waals surface area (Å²) >= 11 is -1.86. The van der Waals surface area contributed by atoms with E-state index in [1.807, 2.05) is 0 Å². The van der Waals surface area contributed by atoms with Gasteiger partial charge in [0.1, 0.15) is 17.7 Å². The van der Waals surface area contributed by atoms with Crippen molar-refractivity contribution in [3.63, 3.8) is 0 Å². The van der Waals surface area contributed by atoms with Gasteiger partial charge in [0, 0.05) is 26.6 Å². The molecule has 1 amide bonds. The number of halogens is 4. The van der Waals surface area contributed by atoms with Crippen molar-refractivity contribution in [2.75, 3.05) is 19.3 Å². The molecule has 39 heavy (non-hydrogen) atoms. The topological polar surface area (TPSA) is 133 Å². The molecule has 1 heterocycles. The first-order valence-electron chi connectivity index (χ1n) is 12.1. The van der Waals surface area contributed by atoms with Gasteiger partial charge in [-0.2, -0.15) is 13.2 Å². The molecule has 1 saturated heterocycles. The van der Waals surface area contributed by atoms with E-state index in [0.717, 1.165) is 49.3 Å². The summed E-state index contributed by atoms with van der Waals surface area (Å²) in [7, 11) is 0. The normalized spacial score (nSPS) is 16.7. The van der Waals surface area contributed by atoms with Crippen LogP contribution in [-0.4, -0.2) is 56.1 Å². The molecule has 2 fully saturated rings. The van der Waals surface area contributed by atoms with E-state index in [0.29, 0.717) is 38.4 Å². The zero-order chi connectivity index (χ0) is 29.3. The van der Waals surface area contributed by atoms with Crippen LogP contribution >= 0.6 is 0 Å². The fraction of sp³-hybridized carbons (Fsp3) is 0.462. The summed E-state index contributed by atoms with van der Waals surface area (Å²) in [6.45, 7) is 3.01. The Morgan fingerprint density at radius 3 is 2.21 bits per heavy atom. The molecular formula is C26H31F4N2O6S-. The van der Waals surface area contributed by atoms with Gasteiger partial charge in [0.15, 0.2) is 0 Å². The van der Waals surface area contributed by atoms with Crippen molar-refractivity contribution in [1.82, 2.24) is 4.90 Å². The first-order chi connectivity index (χ1) is 18.2. The number of carbonyl (C=O) groups excluding carboxylic acids is 1. The Morgan fingerprint density at radius 1 is 1.15 bits per heavy atom. The third-order valence-electron chi connectivity index (χ3n) is 5.90. The van der Waals surface area contributed by atoms with Crippen molar-refractivity contribution in [1.29, 1.82) is 0 Å². The Labute approximate surface area is 226 Å². The van der Waals surface area contributed by atoms with Gasteiger partial charge in [0.2, 0.25) is 0 Å². The van der Waals surface area contributed by atoms with E-state index in [1.165, 1.54) is 18.2 Å². The summed E-state index contributed by atoms with van der Waals surface area (Å²) < 4.78 is 76.7. The molecule has 2 aromatic rings. The molecule has 3 N–H and O–H groups in total. The van der Waals surface area contributed by atoms with Crippen molar-refractivity contribution in [2.45, 2.75) is 57.3 Å². The van der Waals surface area contributed by atoms with Crippen LogP contribution < -0.4 is 10.5 Å². The number of primary amides is 1. The average Bonchev–Trinajstić information content (AvgIpc) is 3.64. The van der Waals surface area contributed by atoms with Crippen molar-refractivity contribution in [3.8, 4) is 5.75 Å². The zero-order valence-electron chi connectivity index (χ0n) is 21.5. The lowest BCUT2D eigenvalue weighted by molar-refractivity contribution is -0.138. The molecule has 216 valence electrons. The second-order valence-electron chi connectivity index (χ2n) is 9.21. The van der Waals surface area contributed by atoms with Crippen LogP contribution in [0.15, 0.2) is 36.4 Å². The molecule has 0 spiro atoms. The van der Waals surface area contributed by atoms with E-state index in [1.54, 1.807) is 6.07 Å². The molecule has 0 bridgehead atoms. The summed E-state index contributed by atoms with van der Waals surface area (Å²) in [6.07, 6.45) is -0.126. The number of piperidine rings is 1. The molecule has 1 atom stereocenters. The van der Waals surface area contributed by atoms with E-state index in [4.69, 9.17) is 29.1 Å². The molecule has 1 aliphatic carbocycles. The van der Waals surface area contributed by atoms with Crippen molar-refractivity contribution in [3.05, 3.63) is 64.5 Å². The van der Waals surface area contributed by atoms with Gasteiger partial charge in [-0.15, -0.1) is 0 Å². The Balaban J connectivity index is 0.000000590. The number of carboxylic acid groups (broad SMARTS) is 1. The van der Waals surface area contributed by atoms with Gasteiger partial charge in [-0.1, -0.05) is 17.1 Å². The van der Waals surface area contributed by atoms with Gasteiger partial charge in [-0.05, 0) is 79.3 Å². The maximum atomic E-state index is 14.3. The number of aliphatic carboxylic acids is 1. The van der Waals surface area contributed by atoms with Crippen LogP contribution in [0.1, 0.15) is 65.6 Å². The van der Waals surface area contributed by atoms with Gasteiger partial charge in [0.25, 0.3) is 11.9 Å². The lowest BCUT2D eigenvalue weighted by atomic mass is 9.97. The van der Waals surface area contributed by atoms with Crippen LogP contribution in [0.2, 0.25) is 0 Å². The molecule has 1 aliphatic heterocycles. The Hall–Kier alpha value is -3.03. The maximum absolute atomic E-state index is 14.3. The molecular weight excluding hydrogens is 544 g/mol. The van der Waals surface area contributed by atoms with E-state index >= 15 is 0 Å². The number of carbonyl (C=O) groups is 2. The highest BCUT2D eigenvalue weighted by Crippen LogP contribution is 2.43. The molecule has 4 rings (SSSR count). The first-order valence-corrected chi connectivity index (χ1v) is 13.5. The second kappa shape index (κ2) is 14.4. The Morgan fingerprint density at radius 2 is 1.72 bits per heavy atom. The predicted molar refractivity (Wildman–Crippen MR) is 135 cm³/mol. The number of ether oxygens (including phenoxy) is 1. The zero-order valence-corrected chi connectivity index (χ0v) is 22.3. The molecule has 8 nitrogen and oxygen atoms in total. The summed E-state index contributed by atoms with van der Waals surface area (Å²) in [4.78, 5) is 22.7. The third kappa shape index (κ3) is 11.3. The number of nitrogens with two attached hydrogens (primary N) is 1. The fourth-order valence-electron chi connectivity index (χ4n) is 4.10. The number of rotatable bonds is 6. The third-order valence-corrected chi connectivity index (χ3v) is 5.90. The number of hydrogen-bond acceptors (Lipinski definition) is 6. The largest absolute Gasteiger partial charge is 0.773 e. The molecule has 2 aliphatic rings. The number of nitrogens with zero attached hydrogens (tertiary/aromatic N) is 1. The summed E-state index contributed by atoms with van der Waals surface area (Å²) in [5, 5.41) is 7.42. The summed E-state index contributed by atoms with van der Waals surface area (Å²) in [5.74, 6) is -1.64. The summed E-state index contributed by atoms with van der Waals surface area (Å²) in [6, 6.07) is 7.93. The number of likely N-dealkylation sites (tertiary alicyclic amines) is 1. The lowest BCUT2D eigenvalue weighted by Gasteiger charge is -2.32. The minimum Gasteiger partial charge on any atom is -0.773 e. The highest BCUT2D eigenvalue weighted by atomic mass is 32.2. The maximum Gasteiger partial charge on any atom is 0.416 e. The average molecular weight is 576 g/mol. The highest BCUT2D eigenvalue weighted by Gasteiger charge is 2.32. The molecule has 13 heteroatoms.